The summed E-state index contributed by atoms with van der Waals surface area (Å²) in [6, 6.07) is 4.32. The SMILES string of the molecule is CC(C)OC(=O)N1CCC(N2CCC(N3C(=O)N[C@H]4CCCC[C@@H]43)CC2)CC1.Cl.Cl.O=C1N[C@H]2CCCC[C@@H]2N1C1CCN(C2CCNCC2)CC1. The first kappa shape index (κ1) is 41.4. The minimum absolute atomic E-state index is 0. The van der Waals surface area contributed by atoms with Crippen molar-refractivity contribution in [3.05, 3.63) is 0 Å². The number of carbonyl (C=O) groups is 3. The second-order valence-electron chi connectivity index (χ2n) is 16.8. The molecule has 52 heavy (non-hydrogen) atoms. The molecule has 0 radical (unpaired) electrons. The van der Waals surface area contributed by atoms with Gasteiger partial charge in [-0.25, -0.2) is 14.4 Å². The Morgan fingerprint density at radius 3 is 1.42 bits per heavy atom. The maximum Gasteiger partial charge on any atom is 0.410 e. The number of hydrogen-bond acceptors (Lipinski definition) is 7. The second-order valence-corrected chi connectivity index (χ2v) is 16.8. The smallest absolute Gasteiger partial charge is 0.410 e. The number of halogens is 2. The lowest BCUT2D eigenvalue weighted by atomic mass is 9.89. The highest BCUT2D eigenvalue weighted by Gasteiger charge is 2.46. The quantitative estimate of drug-likeness (QED) is 0.354. The van der Waals surface area contributed by atoms with Gasteiger partial charge in [0.25, 0.3) is 0 Å². The van der Waals surface area contributed by atoms with Crippen molar-refractivity contribution in [3.63, 3.8) is 0 Å². The molecule has 0 bridgehead atoms. The van der Waals surface area contributed by atoms with Gasteiger partial charge in [-0.1, -0.05) is 25.7 Å². The predicted molar refractivity (Wildman–Crippen MR) is 209 cm³/mol. The first-order valence-electron chi connectivity index (χ1n) is 20.7. The number of fused-ring (bicyclic) bond motifs is 2. The Balaban J connectivity index is 0.000000198. The van der Waals surface area contributed by atoms with Gasteiger partial charge in [0.1, 0.15) is 0 Å². The average molecular weight is 772 g/mol. The number of amides is 5. The third-order valence-electron chi connectivity index (χ3n) is 13.4. The normalized spacial score (nSPS) is 31.4. The maximum atomic E-state index is 12.6. The van der Waals surface area contributed by atoms with Crippen molar-refractivity contribution in [1.82, 2.24) is 40.4 Å². The van der Waals surface area contributed by atoms with E-state index >= 15 is 0 Å². The molecule has 0 unspecified atom stereocenters. The van der Waals surface area contributed by atoms with Gasteiger partial charge >= 0.3 is 18.2 Å². The first-order chi connectivity index (χ1) is 24.4. The van der Waals surface area contributed by atoms with Gasteiger partial charge in [0.2, 0.25) is 0 Å². The van der Waals surface area contributed by atoms with Crippen molar-refractivity contribution in [1.29, 1.82) is 0 Å². The van der Waals surface area contributed by atoms with Gasteiger partial charge in [-0.05, 0) is 104 Å². The van der Waals surface area contributed by atoms with Crippen LogP contribution in [0.3, 0.4) is 0 Å². The fourth-order valence-electron chi connectivity index (χ4n) is 10.8. The molecule has 6 aliphatic heterocycles. The van der Waals surface area contributed by atoms with Gasteiger partial charge in [-0.2, -0.15) is 0 Å². The van der Waals surface area contributed by atoms with E-state index in [1.807, 2.05) is 18.7 Å². The van der Waals surface area contributed by atoms with Gasteiger partial charge in [0.15, 0.2) is 0 Å². The van der Waals surface area contributed by atoms with Crippen LogP contribution in [0.5, 0.6) is 0 Å². The van der Waals surface area contributed by atoms with Crippen LogP contribution in [0.15, 0.2) is 0 Å². The molecule has 6 heterocycles. The third-order valence-corrected chi connectivity index (χ3v) is 13.4. The van der Waals surface area contributed by atoms with E-state index in [1.54, 1.807) is 0 Å². The monoisotopic (exact) mass is 770 g/mol. The minimum atomic E-state index is -0.172. The van der Waals surface area contributed by atoms with E-state index in [0.717, 1.165) is 70.7 Å². The summed E-state index contributed by atoms with van der Waals surface area (Å²) in [6.45, 7) is 12.2. The van der Waals surface area contributed by atoms with Crippen molar-refractivity contribution in [2.45, 2.75) is 171 Å². The largest absolute Gasteiger partial charge is 0.447 e. The van der Waals surface area contributed by atoms with Crippen LogP contribution < -0.4 is 16.0 Å². The summed E-state index contributed by atoms with van der Waals surface area (Å²) in [5.41, 5.74) is 0. The molecule has 5 amide bonds. The molecule has 2 saturated carbocycles. The molecule has 8 aliphatic rings. The highest BCUT2D eigenvalue weighted by atomic mass is 35.5. The molecule has 0 aromatic rings. The van der Waals surface area contributed by atoms with Crippen molar-refractivity contribution >= 4 is 43.0 Å². The Labute approximate surface area is 325 Å². The van der Waals surface area contributed by atoms with Crippen LogP contribution in [0.2, 0.25) is 0 Å². The minimum Gasteiger partial charge on any atom is -0.447 e. The zero-order chi connectivity index (χ0) is 34.6. The standard InChI is InChI=1S/C21H36N4O3.C17H30N4O.2ClH/c1-15(2)28-21(27)24-13-7-16(8-14-24)23-11-9-17(10-12-23)25-19-6-4-3-5-18(19)22-20(25)26;22-17-19-15-3-1-2-4-16(15)21(17)14-7-11-20(12-8-14)13-5-9-18-10-6-13;;/h15-19H,3-14H2,1-2H3,(H,22,26);13-16,18H,1-12H2,(H,19,22);2*1H/t18-,19-;15-,16-;;/m00../s1. The van der Waals surface area contributed by atoms with Gasteiger partial charge in [0, 0.05) is 63.4 Å². The number of ether oxygens (including phenoxy) is 1. The Morgan fingerprint density at radius 2 is 0.981 bits per heavy atom. The molecule has 0 spiro atoms. The van der Waals surface area contributed by atoms with Gasteiger partial charge in [-0.3, -0.25) is 0 Å². The van der Waals surface area contributed by atoms with E-state index in [4.69, 9.17) is 4.74 Å². The van der Waals surface area contributed by atoms with Crippen molar-refractivity contribution in [2.75, 3.05) is 52.4 Å². The zero-order valence-electron chi connectivity index (χ0n) is 31.9. The zero-order valence-corrected chi connectivity index (χ0v) is 33.5. The summed E-state index contributed by atoms with van der Waals surface area (Å²) in [4.78, 5) is 48.6. The summed E-state index contributed by atoms with van der Waals surface area (Å²) < 4.78 is 5.32. The van der Waals surface area contributed by atoms with Crippen molar-refractivity contribution < 1.29 is 19.1 Å². The fourth-order valence-corrected chi connectivity index (χ4v) is 10.8. The Bertz CT molecular complexity index is 1160. The molecule has 6 saturated heterocycles. The summed E-state index contributed by atoms with van der Waals surface area (Å²) in [7, 11) is 0. The number of hydrogen-bond donors (Lipinski definition) is 3. The Kier molecular flexibility index (Phi) is 15.3. The highest BCUT2D eigenvalue weighted by molar-refractivity contribution is 5.85. The molecule has 2 aliphatic carbocycles. The van der Waals surface area contributed by atoms with Crippen molar-refractivity contribution in [2.24, 2.45) is 0 Å². The lowest BCUT2D eigenvalue weighted by molar-refractivity contribution is 0.0400. The number of urea groups is 2. The summed E-state index contributed by atoms with van der Waals surface area (Å²) in [6.07, 6.45) is 18.6. The Hall–Kier alpha value is -1.73. The van der Waals surface area contributed by atoms with E-state index in [1.165, 1.54) is 90.4 Å². The number of nitrogens with zero attached hydrogens (tertiary/aromatic N) is 5. The molecule has 12 nitrogen and oxygen atoms in total. The molecule has 0 aromatic carbocycles. The van der Waals surface area contributed by atoms with E-state index in [9.17, 15) is 14.4 Å². The number of carbonyl (C=O) groups excluding carboxylic acids is 3. The number of rotatable bonds is 5. The Morgan fingerprint density at radius 1 is 0.577 bits per heavy atom. The van der Waals surface area contributed by atoms with Crippen LogP contribution in [0.25, 0.3) is 0 Å². The van der Waals surface area contributed by atoms with Crippen LogP contribution >= 0.6 is 24.8 Å². The van der Waals surface area contributed by atoms with E-state index in [2.05, 4.69) is 35.6 Å². The summed E-state index contributed by atoms with van der Waals surface area (Å²) in [5, 5.41) is 9.93. The van der Waals surface area contributed by atoms with Gasteiger partial charge in [0.05, 0.1) is 30.3 Å². The molecule has 4 atom stereocenters. The molecular weight excluding hydrogens is 703 g/mol. The van der Waals surface area contributed by atoms with E-state index in [0.29, 0.717) is 42.3 Å². The third kappa shape index (κ3) is 9.55. The summed E-state index contributed by atoms with van der Waals surface area (Å²) >= 11 is 0. The first-order valence-corrected chi connectivity index (χ1v) is 20.7. The summed E-state index contributed by atoms with van der Waals surface area (Å²) in [5.74, 6) is 0. The van der Waals surface area contributed by atoms with Crippen LogP contribution in [0.4, 0.5) is 14.4 Å². The fraction of sp³-hybridized carbons (Fsp3) is 0.921. The lowest BCUT2D eigenvalue weighted by Gasteiger charge is -2.44. The van der Waals surface area contributed by atoms with Crippen LogP contribution in [0.1, 0.15) is 117 Å². The number of likely N-dealkylation sites (tertiary alicyclic amines) is 3. The predicted octanol–water partition coefficient (Wildman–Crippen LogP) is 5.18. The van der Waals surface area contributed by atoms with Crippen LogP contribution in [-0.4, -0.2) is 149 Å². The molecule has 8 fully saturated rings. The van der Waals surface area contributed by atoms with Crippen LogP contribution in [0, 0.1) is 0 Å². The molecule has 0 aromatic heterocycles. The van der Waals surface area contributed by atoms with E-state index < -0.39 is 0 Å². The molecular formula is C38H68Cl2N8O4. The number of piperidine rings is 4. The van der Waals surface area contributed by atoms with Gasteiger partial charge in [-0.15, -0.1) is 24.8 Å². The maximum absolute atomic E-state index is 12.6. The number of nitrogens with one attached hydrogen (secondary N) is 3. The van der Waals surface area contributed by atoms with E-state index in [-0.39, 0.29) is 49.1 Å². The highest BCUT2D eigenvalue weighted by Crippen LogP contribution is 2.34. The van der Waals surface area contributed by atoms with Crippen LogP contribution in [-0.2, 0) is 4.74 Å². The molecule has 8 rings (SSSR count). The van der Waals surface area contributed by atoms with Crippen molar-refractivity contribution in [3.8, 4) is 0 Å². The molecule has 14 heteroatoms. The lowest BCUT2D eigenvalue weighted by Crippen LogP contribution is -2.53. The topological polar surface area (TPSA) is 113 Å². The van der Waals surface area contributed by atoms with Gasteiger partial charge < -0.3 is 45.2 Å². The second kappa shape index (κ2) is 19.2. The molecule has 298 valence electrons. The molecule has 3 N–H and O–H groups in total. The average Bonchev–Trinajstić information content (AvgIpc) is 3.67.